The van der Waals surface area contributed by atoms with Gasteiger partial charge < -0.3 is 9.72 Å². The highest BCUT2D eigenvalue weighted by atomic mass is 16.5. The molecule has 0 amide bonds. The maximum Gasteiger partial charge on any atom is 0.340 e. The van der Waals surface area contributed by atoms with Crippen LogP contribution in [0.4, 0.5) is 0 Å². The minimum absolute atomic E-state index is 0.0799. The molecule has 6 nitrogen and oxygen atoms in total. The fourth-order valence-electron chi connectivity index (χ4n) is 2.87. The molecule has 0 saturated carbocycles. The molecule has 2 aromatic heterocycles. The van der Waals surface area contributed by atoms with E-state index in [9.17, 15) is 9.59 Å². The summed E-state index contributed by atoms with van der Waals surface area (Å²) in [7, 11) is 0. The Kier molecular flexibility index (Phi) is 5.45. The number of rotatable bonds is 6. The molecule has 1 N–H and O–H groups in total. The number of nitrogens with zero attached hydrogens (tertiary/aromatic N) is 2. The van der Waals surface area contributed by atoms with Gasteiger partial charge in [-0.1, -0.05) is 24.3 Å². The summed E-state index contributed by atoms with van der Waals surface area (Å²) in [5.74, 6) is -0.341. The quantitative estimate of drug-likeness (QED) is 0.531. The lowest BCUT2D eigenvalue weighted by Gasteiger charge is -2.07. The van der Waals surface area contributed by atoms with Gasteiger partial charge >= 0.3 is 5.97 Å². The van der Waals surface area contributed by atoms with Crippen LogP contribution in [0.5, 0.6) is 0 Å². The normalized spacial score (nSPS) is 11.6. The summed E-state index contributed by atoms with van der Waals surface area (Å²) in [5, 5.41) is 0.615. The summed E-state index contributed by atoms with van der Waals surface area (Å²) in [5.41, 5.74) is 4.03. The Hall–Kier alpha value is -3.28. The number of allylic oxidation sites excluding steroid dienone is 2. The number of hydrogen-bond acceptors (Lipinski definition) is 5. The third-order valence-corrected chi connectivity index (χ3v) is 4.40. The first-order valence-electron chi connectivity index (χ1n) is 8.79. The number of aromatic amines is 1. The van der Waals surface area contributed by atoms with Gasteiger partial charge in [0.1, 0.15) is 12.0 Å². The molecule has 0 atom stereocenters. The summed E-state index contributed by atoms with van der Waals surface area (Å²) in [4.78, 5) is 36.1. The summed E-state index contributed by atoms with van der Waals surface area (Å²) < 4.78 is 5.13. The van der Waals surface area contributed by atoms with Crippen molar-refractivity contribution in [3.63, 3.8) is 0 Å². The van der Waals surface area contributed by atoms with E-state index in [0.29, 0.717) is 28.7 Å². The van der Waals surface area contributed by atoms with Gasteiger partial charge in [-0.25, -0.2) is 14.8 Å². The largest absolute Gasteiger partial charge is 0.462 e. The first-order chi connectivity index (χ1) is 13.0. The SMILES string of the molecule is C/C=C(\C)C(=O)Cc1cccc(-c2ncnc3[nH]cc(C(=O)OCC)c23)c1. The molecule has 0 aliphatic carbocycles. The van der Waals surface area contributed by atoms with Crippen LogP contribution >= 0.6 is 0 Å². The van der Waals surface area contributed by atoms with Gasteiger partial charge in [0.25, 0.3) is 0 Å². The van der Waals surface area contributed by atoms with Crippen LogP contribution in [0.1, 0.15) is 36.7 Å². The fourth-order valence-corrected chi connectivity index (χ4v) is 2.87. The number of ketones is 1. The molecule has 0 unspecified atom stereocenters. The van der Waals surface area contributed by atoms with Crippen molar-refractivity contribution in [2.45, 2.75) is 27.2 Å². The molecular formula is C21H21N3O3. The minimum Gasteiger partial charge on any atom is -0.462 e. The van der Waals surface area contributed by atoms with Crippen LogP contribution < -0.4 is 0 Å². The van der Waals surface area contributed by atoms with E-state index in [1.165, 1.54) is 6.33 Å². The van der Waals surface area contributed by atoms with Crippen molar-refractivity contribution < 1.29 is 14.3 Å². The number of hydrogen-bond donors (Lipinski definition) is 1. The lowest BCUT2D eigenvalue weighted by Crippen LogP contribution is -2.05. The third-order valence-electron chi connectivity index (χ3n) is 4.40. The number of fused-ring (bicyclic) bond motifs is 1. The van der Waals surface area contributed by atoms with Crippen LogP contribution in [0.25, 0.3) is 22.3 Å². The number of Topliss-reactive ketones (excluding diaryl/α,β-unsaturated/α-hetero) is 1. The smallest absolute Gasteiger partial charge is 0.340 e. The molecule has 2 heterocycles. The Bertz CT molecular complexity index is 1030. The number of benzene rings is 1. The summed E-state index contributed by atoms with van der Waals surface area (Å²) >= 11 is 0. The minimum atomic E-state index is -0.421. The van der Waals surface area contributed by atoms with E-state index < -0.39 is 5.97 Å². The van der Waals surface area contributed by atoms with Gasteiger partial charge in [0.15, 0.2) is 5.78 Å². The zero-order valence-electron chi connectivity index (χ0n) is 15.6. The molecule has 3 rings (SSSR count). The maximum absolute atomic E-state index is 12.3. The zero-order valence-corrected chi connectivity index (χ0v) is 15.6. The van der Waals surface area contributed by atoms with Gasteiger partial charge in [0, 0.05) is 18.2 Å². The standard InChI is InChI=1S/C21H21N3O3/c1-4-13(3)17(25)10-14-7-6-8-15(9-14)19-18-16(21(26)27-5-2)11-22-20(18)24-12-23-19/h4,6-9,11-12H,5,10H2,1-3H3,(H,22,23,24)/b13-4+. The van der Waals surface area contributed by atoms with Crippen LogP contribution in [-0.4, -0.2) is 33.3 Å². The van der Waals surface area contributed by atoms with Gasteiger partial charge in [-0.3, -0.25) is 4.79 Å². The van der Waals surface area contributed by atoms with Crippen molar-refractivity contribution in [1.29, 1.82) is 0 Å². The van der Waals surface area contributed by atoms with Crippen molar-refractivity contribution in [3.05, 3.63) is 59.6 Å². The highest BCUT2D eigenvalue weighted by Crippen LogP contribution is 2.29. The van der Waals surface area contributed by atoms with Crippen LogP contribution in [0.3, 0.4) is 0 Å². The van der Waals surface area contributed by atoms with E-state index in [-0.39, 0.29) is 12.4 Å². The van der Waals surface area contributed by atoms with Gasteiger partial charge in [-0.2, -0.15) is 0 Å². The number of nitrogens with one attached hydrogen (secondary N) is 1. The number of H-pyrrole nitrogens is 1. The monoisotopic (exact) mass is 363 g/mol. The van der Waals surface area contributed by atoms with Crippen molar-refractivity contribution in [2.75, 3.05) is 6.61 Å². The molecule has 0 bridgehead atoms. The molecule has 138 valence electrons. The average molecular weight is 363 g/mol. The number of aromatic nitrogens is 3. The molecule has 3 aromatic rings. The summed E-state index contributed by atoms with van der Waals surface area (Å²) in [6.45, 7) is 5.71. The molecule has 0 fully saturated rings. The third kappa shape index (κ3) is 3.79. The van der Waals surface area contributed by atoms with E-state index in [1.807, 2.05) is 44.2 Å². The first-order valence-corrected chi connectivity index (χ1v) is 8.79. The predicted octanol–water partition coefficient (Wildman–Crippen LogP) is 3.88. The maximum atomic E-state index is 12.3. The predicted molar refractivity (Wildman–Crippen MR) is 103 cm³/mol. The van der Waals surface area contributed by atoms with Gasteiger partial charge in [-0.15, -0.1) is 0 Å². The molecular weight excluding hydrogens is 342 g/mol. The Balaban J connectivity index is 2.05. The molecule has 0 aliphatic heterocycles. The fraction of sp³-hybridized carbons (Fsp3) is 0.238. The molecule has 6 heteroatoms. The molecule has 0 saturated heterocycles. The Morgan fingerprint density at radius 2 is 2.07 bits per heavy atom. The molecule has 0 spiro atoms. The van der Waals surface area contributed by atoms with Gasteiger partial charge in [0.2, 0.25) is 0 Å². The van der Waals surface area contributed by atoms with Crippen molar-refractivity contribution >= 4 is 22.8 Å². The average Bonchev–Trinajstić information content (AvgIpc) is 3.12. The number of ether oxygens (including phenoxy) is 1. The van der Waals surface area contributed by atoms with E-state index in [2.05, 4.69) is 15.0 Å². The summed E-state index contributed by atoms with van der Waals surface area (Å²) in [6.07, 6.45) is 5.16. The van der Waals surface area contributed by atoms with Crippen LogP contribution in [0.15, 0.2) is 48.4 Å². The Labute approximate surface area is 157 Å². The first kappa shape index (κ1) is 18.5. The van der Waals surface area contributed by atoms with E-state index in [4.69, 9.17) is 4.74 Å². The Morgan fingerprint density at radius 3 is 2.81 bits per heavy atom. The van der Waals surface area contributed by atoms with E-state index in [1.54, 1.807) is 13.1 Å². The van der Waals surface area contributed by atoms with Crippen LogP contribution in [-0.2, 0) is 16.0 Å². The molecule has 0 radical (unpaired) electrons. The second-order valence-electron chi connectivity index (χ2n) is 6.14. The van der Waals surface area contributed by atoms with Crippen molar-refractivity contribution in [2.24, 2.45) is 0 Å². The number of carbonyl (C=O) groups excluding carboxylic acids is 2. The highest BCUT2D eigenvalue weighted by Gasteiger charge is 2.19. The van der Waals surface area contributed by atoms with Crippen molar-refractivity contribution in [1.82, 2.24) is 15.0 Å². The lowest BCUT2D eigenvalue weighted by atomic mass is 9.99. The highest BCUT2D eigenvalue weighted by molar-refractivity contribution is 6.08. The van der Waals surface area contributed by atoms with Crippen molar-refractivity contribution in [3.8, 4) is 11.3 Å². The number of esters is 1. The van der Waals surface area contributed by atoms with E-state index in [0.717, 1.165) is 16.7 Å². The molecule has 0 aliphatic rings. The zero-order chi connectivity index (χ0) is 19.4. The number of carbonyl (C=O) groups is 2. The molecule has 1 aromatic carbocycles. The molecule has 27 heavy (non-hydrogen) atoms. The summed E-state index contributed by atoms with van der Waals surface area (Å²) in [6, 6.07) is 7.62. The lowest BCUT2D eigenvalue weighted by molar-refractivity contribution is -0.114. The van der Waals surface area contributed by atoms with Crippen LogP contribution in [0.2, 0.25) is 0 Å². The van der Waals surface area contributed by atoms with Gasteiger partial charge in [-0.05, 0) is 38.0 Å². The van der Waals surface area contributed by atoms with E-state index >= 15 is 0 Å². The second kappa shape index (κ2) is 7.95. The Morgan fingerprint density at radius 1 is 1.26 bits per heavy atom. The second-order valence-corrected chi connectivity index (χ2v) is 6.14. The topological polar surface area (TPSA) is 84.9 Å². The van der Waals surface area contributed by atoms with Crippen LogP contribution in [0, 0.1) is 0 Å². The van der Waals surface area contributed by atoms with Gasteiger partial charge in [0.05, 0.1) is 23.3 Å².